The van der Waals surface area contributed by atoms with Gasteiger partial charge in [-0.25, -0.2) is 0 Å². The normalized spacial score (nSPS) is 10.7. The van der Waals surface area contributed by atoms with Gasteiger partial charge in [0.15, 0.2) is 0 Å². The van der Waals surface area contributed by atoms with Gasteiger partial charge >= 0.3 is 0 Å². The summed E-state index contributed by atoms with van der Waals surface area (Å²) in [6.45, 7) is 0. The highest BCUT2D eigenvalue weighted by atomic mass is 35.5. The molecule has 0 aliphatic heterocycles. The molecular weight excluding hydrogens is 345 g/mol. The number of halogens is 3. The minimum absolute atomic E-state index is 0.305. The maximum atomic E-state index is 11.9. The Morgan fingerprint density at radius 2 is 1.91 bits per heavy atom. The van der Waals surface area contributed by atoms with E-state index in [2.05, 4.69) is 5.32 Å². The first-order valence-electron chi connectivity index (χ1n) is 6.27. The van der Waals surface area contributed by atoms with Crippen LogP contribution >= 0.6 is 34.8 Å². The number of amides is 1. The van der Waals surface area contributed by atoms with Crippen LogP contribution in [0, 0.1) is 0 Å². The lowest BCUT2D eigenvalue weighted by Crippen LogP contribution is -2.07. The zero-order chi connectivity index (χ0) is 16.1. The zero-order valence-corrected chi connectivity index (χ0v) is 13.8. The van der Waals surface area contributed by atoms with E-state index in [0.29, 0.717) is 32.1 Å². The minimum atomic E-state index is -0.305. The van der Waals surface area contributed by atoms with Gasteiger partial charge in [0.2, 0.25) is 5.91 Å². The van der Waals surface area contributed by atoms with E-state index in [-0.39, 0.29) is 5.91 Å². The number of hydrogen-bond acceptors (Lipinski definition) is 2. The van der Waals surface area contributed by atoms with Gasteiger partial charge in [-0.2, -0.15) is 0 Å². The predicted molar refractivity (Wildman–Crippen MR) is 92.1 cm³/mol. The van der Waals surface area contributed by atoms with E-state index in [4.69, 9.17) is 39.5 Å². The van der Waals surface area contributed by atoms with E-state index in [1.165, 1.54) is 13.2 Å². The lowest BCUT2D eigenvalue weighted by Gasteiger charge is -2.08. The van der Waals surface area contributed by atoms with Crippen molar-refractivity contribution in [2.24, 2.45) is 0 Å². The van der Waals surface area contributed by atoms with Crippen molar-refractivity contribution in [3.8, 4) is 5.75 Å². The third-order valence-corrected chi connectivity index (χ3v) is 3.48. The minimum Gasteiger partial charge on any atom is -0.495 e. The largest absolute Gasteiger partial charge is 0.495 e. The lowest BCUT2D eigenvalue weighted by molar-refractivity contribution is -0.111. The average molecular weight is 357 g/mol. The SMILES string of the molecule is COc1c(Cl)cc(Cl)cc1/C=C/C(=O)Nc1cccc(Cl)c1. The molecule has 0 saturated heterocycles. The fourth-order valence-electron chi connectivity index (χ4n) is 1.84. The quantitative estimate of drug-likeness (QED) is 0.754. The first-order valence-corrected chi connectivity index (χ1v) is 7.40. The van der Waals surface area contributed by atoms with Crippen molar-refractivity contribution in [3.05, 3.63) is 63.1 Å². The van der Waals surface area contributed by atoms with Crippen LogP contribution in [0.3, 0.4) is 0 Å². The van der Waals surface area contributed by atoms with Crippen molar-refractivity contribution in [2.45, 2.75) is 0 Å². The van der Waals surface area contributed by atoms with Crippen LogP contribution in [0.4, 0.5) is 5.69 Å². The Balaban J connectivity index is 2.16. The topological polar surface area (TPSA) is 38.3 Å². The van der Waals surface area contributed by atoms with Crippen molar-refractivity contribution < 1.29 is 9.53 Å². The molecule has 0 spiro atoms. The number of carbonyl (C=O) groups is 1. The molecule has 0 unspecified atom stereocenters. The summed E-state index contributed by atoms with van der Waals surface area (Å²) in [6, 6.07) is 10.1. The van der Waals surface area contributed by atoms with Crippen molar-refractivity contribution in [1.82, 2.24) is 0 Å². The number of rotatable bonds is 4. The van der Waals surface area contributed by atoms with Crippen LogP contribution in [0.25, 0.3) is 6.08 Å². The molecule has 0 radical (unpaired) electrons. The molecule has 2 aromatic carbocycles. The summed E-state index contributed by atoms with van der Waals surface area (Å²) in [4.78, 5) is 11.9. The molecule has 1 N–H and O–H groups in total. The second-order valence-corrected chi connectivity index (χ2v) is 5.62. The molecule has 0 aliphatic carbocycles. The lowest BCUT2D eigenvalue weighted by atomic mass is 10.2. The molecule has 2 rings (SSSR count). The van der Waals surface area contributed by atoms with Crippen LogP contribution in [0.5, 0.6) is 5.75 Å². The highest BCUT2D eigenvalue weighted by molar-refractivity contribution is 6.36. The summed E-state index contributed by atoms with van der Waals surface area (Å²) in [5.74, 6) is 0.151. The smallest absolute Gasteiger partial charge is 0.248 e. The molecule has 0 aliphatic rings. The van der Waals surface area contributed by atoms with Crippen LogP contribution in [0.1, 0.15) is 5.56 Å². The van der Waals surface area contributed by atoms with E-state index < -0.39 is 0 Å². The van der Waals surface area contributed by atoms with Gasteiger partial charge in [-0.15, -0.1) is 0 Å². The molecule has 0 aromatic heterocycles. The first-order chi connectivity index (χ1) is 10.5. The summed E-state index contributed by atoms with van der Waals surface area (Å²) in [5.41, 5.74) is 1.22. The molecule has 22 heavy (non-hydrogen) atoms. The van der Waals surface area contributed by atoms with Gasteiger partial charge in [0, 0.05) is 27.4 Å². The number of nitrogens with one attached hydrogen (secondary N) is 1. The van der Waals surface area contributed by atoms with Crippen molar-refractivity contribution in [3.63, 3.8) is 0 Å². The van der Waals surface area contributed by atoms with Crippen LogP contribution in [0.2, 0.25) is 15.1 Å². The molecule has 2 aromatic rings. The maximum absolute atomic E-state index is 11.9. The van der Waals surface area contributed by atoms with Crippen LogP contribution < -0.4 is 10.1 Å². The molecule has 114 valence electrons. The number of benzene rings is 2. The molecule has 3 nitrogen and oxygen atoms in total. The van der Waals surface area contributed by atoms with E-state index in [0.717, 1.165) is 0 Å². The van der Waals surface area contributed by atoms with E-state index in [1.54, 1.807) is 42.5 Å². The van der Waals surface area contributed by atoms with Crippen LogP contribution in [0.15, 0.2) is 42.5 Å². The Hall–Kier alpha value is -1.68. The Kier molecular flexibility index (Phi) is 5.72. The zero-order valence-electron chi connectivity index (χ0n) is 11.6. The maximum Gasteiger partial charge on any atom is 0.248 e. The third-order valence-electron chi connectivity index (χ3n) is 2.75. The third kappa shape index (κ3) is 4.41. The standard InChI is InChI=1S/C16H12Cl3NO2/c1-22-16-10(7-12(18)9-14(16)19)5-6-15(21)20-13-4-2-3-11(17)8-13/h2-9H,1H3,(H,20,21)/b6-5+. The number of ether oxygens (including phenoxy) is 1. The molecule has 0 fully saturated rings. The van der Waals surface area contributed by atoms with Crippen molar-refractivity contribution in [1.29, 1.82) is 0 Å². The highest BCUT2D eigenvalue weighted by Gasteiger charge is 2.08. The van der Waals surface area contributed by atoms with Gasteiger partial charge in [0.05, 0.1) is 12.1 Å². The Labute approximate surface area is 143 Å². The average Bonchev–Trinajstić information content (AvgIpc) is 2.44. The fraction of sp³-hybridized carbons (Fsp3) is 0.0625. The summed E-state index contributed by atoms with van der Waals surface area (Å²) in [7, 11) is 1.50. The van der Waals surface area contributed by atoms with E-state index in [9.17, 15) is 4.79 Å². The second-order valence-electron chi connectivity index (χ2n) is 4.34. The molecule has 0 heterocycles. The van der Waals surface area contributed by atoms with Gasteiger partial charge in [0.1, 0.15) is 5.75 Å². The first kappa shape index (κ1) is 16.7. The van der Waals surface area contributed by atoms with Crippen LogP contribution in [-0.2, 0) is 4.79 Å². The van der Waals surface area contributed by atoms with Crippen LogP contribution in [-0.4, -0.2) is 13.0 Å². The monoisotopic (exact) mass is 355 g/mol. The molecule has 0 atom stereocenters. The number of anilines is 1. The van der Waals surface area contributed by atoms with Crippen molar-refractivity contribution in [2.75, 3.05) is 12.4 Å². The van der Waals surface area contributed by atoms with Gasteiger partial charge in [-0.3, -0.25) is 4.79 Å². The molecule has 1 amide bonds. The summed E-state index contributed by atoms with van der Waals surface area (Å²) >= 11 is 17.9. The van der Waals surface area contributed by atoms with Crippen molar-refractivity contribution >= 4 is 52.5 Å². The van der Waals surface area contributed by atoms with E-state index in [1.807, 2.05) is 0 Å². The van der Waals surface area contributed by atoms with Gasteiger partial charge in [-0.05, 0) is 36.4 Å². The number of hydrogen-bond donors (Lipinski definition) is 1. The Morgan fingerprint density at radius 1 is 1.14 bits per heavy atom. The second kappa shape index (κ2) is 7.54. The Bertz CT molecular complexity index is 729. The highest BCUT2D eigenvalue weighted by Crippen LogP contribution is 2.32. The van der Waals surface area contributed by atoms with Gasteiger partial charge < -0.3 is 10.1 Å². The molecule has 0 bridgehead atoms. The fourth-order valence-corrected chi connectivity index (χ4v) is 2.61. The molecule has 6 heteroatoms. The summed E-state index contributed by atoms with van der Waals surface area (Å²) < 4.78 is 5.21. The predicted octanol–water partition coefficient (Wildman–Crippen LogP) is 5.31. The number of carbonyl (C=O) groups excluding carboxylic acids is 1. The summed E-state index contributed by atoms with van der Waals surface area (Å²) in [6.07, 6.45) is 2.95. The molecule has 0 saturated carbocycles. The van der Waals surface area contributed by atoms with E-state index >= 15 is 0 Å². The molecular formula is C16H12Cl3NO2. The van der Waals surface area contributed by atoms with Gasteiger partial charge in [0.25, 0.3) is 0 Å². The Morgan fingerprint density at radius 3 is 2.59 bits per heavy atom. The summed E-state index contributed by atoms with van der Waals surface area (Å²) in [5, 5.41) is 4.09. The van der Waals surface area contributed by atoms with Gasteiger partial charge in [-0.1, -0.05) is 40.9 Å². The number of methoxy groups -OCH3 is 1.